The van der Waals surface area contributed by atoms with Crippen LogP contribution in [0.2, 0.25) is 5.02 Å². The van der Waals surface area contributed by atoms with Crippen molar-refractivity contribution in [3.63, 3.8) is 0 Å². The molecule has 41 heavy (non-hydrogen) atoms. The smallest absolute Gasteiger partial charge is 0.326 e. The molecule has 0 bridgehead atoms. The highest BCUT2D eigenvalue weighted by molar-refractivity contribution is 7.91. The summed E-state index contributed by atoms with van der Waals surface area (Å²) in [6.07, 6.45) is 3.82. The van der Waals surface area contributed by atoms with Crippen molar-refractivity contribution >= 4 is 54.2 Å². The van der Waals surface area contributed by atoms with Gasteiger partial charge in [0.25, 0.3) is 0 Å². The lowest BCUT2D eigenvalue weighted by Crippen LogP contribution is -2.40. The van der Waals surface area contributed by atoms with E-state index in [1.165, 1.54) is 29.5 Å². The fourth-order valence-corrected chi connectivity index (χ4v) is 7.93. The van der Waals surface area contributed by atoms with Crippen molar-refractivity contribution in [1.29, 1.82) is 0 Å². The van der Waals surface area contributed by atoms with Crippen molar-refractivity contribution in [3.05, 3.63) is 74.8 Å². The molecule has 2 atom stereocenters. The second-order valence-electron chi connectivity index (χ2n) is 9.61. The lowest BCUT2D eigenvalue weighted by molar-refractivity contribution is 0.0564. The fraction of sp³-hybridized carbons (Fsp3) is 0.375. The molecule has 17 heteroatoms. The number of amidine groups is 1. The van der Waals surface area contributed by atoms with Crippen molar-refractivity contribution in [2.24, 2.45) is 4.99 Å². The van der Waals surface area contributed by atoms with Gasteiger partial charge in [0.05, 0.1) is 17.2 Å². The van der Waals surface area contributed by atoms with Crippen LogP contribution in [0.3, 0.4) is 0 Å². The number of nitrogens with one attached hydrogen (secondary N) is 1. The standard InChI is InChI=1S/C24H24ClF3N6O4S3/c1-40(35,36)9-2-10-41(37,38)32-15-12-19-20(18-5-7-34(31-18)24(27)28)21(16-4-3-14(26)11-17(16)25)30-22(33(19)13-15)23-29-6-8-39-23/h3-8,11,15,21,24,32H,2,9-10,12-13H2,1H3/t15-,21-/m0/s1. The molecule has 3 aromatic rings. The summed E-state index contributed by atoms with van der Waals surface area (Å²) in [5.41, 5.74) is 1.56. The van der Waals surface area contributed by atoms with Gasteiger partial charge in [0, 0.05) is 64.9 Å². The quantitative estimate of drug-likeness (QED) is 0.354. The Labute approximate surface area is 243 Å². The van der Waals surface area contributed by atoms with Crippen LogP contribution in [0.4, 0.5) is 13.2 Å². The van der Waals surface area contributed by atoms with E-state index in [4.69, 9.17) is 16.6 Å². The van der Waals surface area contributed by atoms with Crippen molar-refractivity contribution < 1.29 is 30.0 Å². The molecule has 220 valence electrons. The molecule has 1 aromatic carbocycles. The van der Waals surface area contributed by atoms with Crippen LogP contribution in [0.5, 0.6) is 0 Å². The number of thiazole rings is 1. The number of aliphatic imine (C=N–C) groups is 1. The van der Waals surface area contributed by atoms with Crippen molar-refractivity contribution in [2.45, 2.75) is 31.5 Å². The minimum absolute atomic E-state index is 0.0678. The molecule has 2 aromatic heterocycles. The van der Waals surface area contributed by atoms with Crippen LogP contribution >= 0.6 is 22.9 Å². The minimum atomic E-state index is -3.87. The number of nitrogens with zero attached hydrogens (tertiary/aromatic N) is 5. The monoisotopic (exact) mass is 648 g/mol. The van der Waals surface area contributed by atoms with Gasteiger partial charge in [-0.2, -0.15) is 13.9 Å². The van der Waals surface area contributed by atoms with Gasteiger partial charge >= 0.3 is 6.55 Å². The van der Waals surface area contributed by atoms with E-state index in [0.29, 0.717) is 32.4 Å². The second kappa shape index (κ2) is 11.5. The van der Waals surface area contributed by atoms with Crippen molar-refractivity contribution in [3.8, 4) is 0 Å². The third-order valence-electron chi connectivity index (χ3n) is 6.50. The first-order valence-corrected chi connectivity index (χ1v) is 17.2. The third-order valence-corrected chi connectivity index (χ3v) is 10.1. The first kappa shape index (κ1) is 29.7. The molecule has 10 nitrogen and oxygen atoms in total. The number of hydrogen-bond donors (Lipinski definition) is 1. The maximum atomic E-state index is 14.0. The fourth-order valence-electron chi connectivity index (χ4n) is 4.86. The van der Waals surface area contributed by atoms with Gasteiger partial charge in [-0.05, 0) is 24.6 Å². The van der Waals surface area contributed by atoms with Gasteiger partial charge in [0.2, 0.25) is 10.0 Å². The summed E-state index contributed by atoms with van der Waals surface area (Å²) in [7, 11) is -7.20. The predicted molar refractivity (Wildman–Crippen MR) is 150 cm³/mol. The minimum Gasteiger partial charge on any atom is -0.326 e. The predicted octanol–water partition coefficient (Wildman–Crippen LogP) is 3.87. The summed E-state index contributed by atoms with van der Waals surface area (Å²) in [6, 6.07) is 3.66. The molecule has 4 heterocycles. The van der Waals surface area contributed by atoms with Crippen LogP contribution in [0, 0.1) is 5.82 Å². The Bertz CT molecular complexity index is 1730. The van der Waals surface area contributed by atoms with Crippen molar-refractivity contribution in [1.82, 2.24) is 24.4 Å². The third kappa shape index (κ3) is 6.66. The molecule has 5 rings (SSSR count). The maximum absolute atomic E-state index is 14.0. The van der Waals surface area contributed by atoms with E-state index in [9.17, 15) is 30.0 Å². The summed E-state index contributed by atoms with van der Waals surface area (Å²) < 4.78 is 92.7. The number of sulfone groups is 1. The Hall–Kier alpha value is -2.79. The maximum Gasteiger partial charge on any atom is 0.333 e. The summed E-state index contributed by atoms with van der Waals surface area (Å²) in [4.78, 5) is 11.0. The average molecular weight is 649 g/mol. The molecule has 1 N–H and O–H groups in total. The zero-order chi connectivity index (χ0) is 29.5. The van der Waals surface area contributed by atoms with Crippen LogP contribution in [-0.2, 0) is 19.9 Å². The number of hydrogen-bond acceptors (Lipinski definition) is 9. The Morgan fingerprint density at radius 1 is 1.20 bits per heavy atom. The van der Waals surface area contributed by atoms with E-state index in [1.807, 2.05) is 0 Å². The topological polar surface area (TPSA) is 127 Å². The summed E-state index contributed by atoms with van der Waals surface area (Å²) >= 11 is 7.75. The van der Waals surface area contributed by atoms with Gasteiger partial charge < -0.3 is 4.90 Å². The van der Waals surface area contributed by atoms with E-state index in [1.54, 1.807) is 16.5 Å². The van der Waals surface area contributed by atoms with Crippen LogP contribution < -0.4 is 4.72 Å². The number of halogens is 4. The summed E-state index contributed by atoms with van der Waals surface area (Å²) in [5, 5.41) is 6.40. The Balaban J connectivity index is 1.58. The van der Waals surface area contributed by atoms with Gasteiger partial charge in [-0.3, -0.25) is 4.99 Å². The molecule has 1 fully saturated rings. The summed E-state index contributed by atoms with van der Waals surface area (Å²) in [5.74, 6) is -0.810. The highest BCUT2D eigenvalue weighted by Crippen LogP contribution is 2.46. The number of benzene rings is 1. The zero-order valence-corrected chi connectivity index (χ0v) is 24.6. The van der Waals surface area contributed by atoms with Gasteiger partial charge in [0.15, 0.2) is 10.8 Å². The van der Waals surface area contributed by atoms with Crippen molar-refractivity contribution in [2.75, 3.05) is 24.3 Å². The molecule has 0 saturated carbocycles. The van der Waals surface area contributed by atoms with E-state index in [2.05, 4.69) is 14.8 Å². The number of aromatic nitrogens is 3. The first-order valence-electron chi connectivity index (χ1n) is 12.3. The lowest BCUT2D eigenvalue weighted by atomic mass is 9.92. The Morgan fingerprint density at radius 2 is 1.98 bits per heavy atom. The molecule has 0 spiro atoms. The molecule has 0 aliphatic carbocycles. The average Bonchev–Trinajstić information content (AvgIpc) is 3.63. The highest BCUT2D eigenvalue weighted by atomic mass is 35.5. The Kier molecular flexibility index (Phi) is 8.31. The normalized spacial score (nSPS) is 19.7. The molecule has 0 amide bonds. The van der Waals surface area contributed by atoms with E-state index < -0.39 is 44.3 Å². The molecule has 0 radical (unpaired) electrons. The van der Waals surface area contributed by atoms with E-state index >= 15 is 0 Å². The number of alkyl halides is 2. The van der Waals surface area contributed by atoms with E-state index in [-0.39, 0.29) is 41.6 Å². The lowest BCUT2D eigenvalue weighted by Gasteiger charge is -2.32. The highest BCUT2D eigenvalue weighted by Gasteiger charge is 2.42. The van der Waals surface area contributed by atoms with Crippen LogP contribution in [0.15, 0.2) is 52.7 Å². The van der Waals surface area contributed by atoms with Crippen LogP contribution in [0.25, 0.3) is 5.57 Å². The largest absolute Gasteiger partial charge is 0.333 e. The number of sulfonamides is 1. The first-order chi connectivity index (χ1) is 19.3. The van der Waals surface area contributed by atoms with Gasteiger partial charge in [-0.25, -0.2) is 35.6 Å². The molecule has 1 saturated heterocycles. The molecule has 2 aliphatic rings. The molecule has 2 aliphatic heterocycles. The van der Waals surface area contributed by atoms with Gasteiger partial charge in [-0.15, -0.1) is 11.3 Å². The zero-order valence-electron chi connectivity index (χ0n) is 21.4. The number of fused-ring (bicyclic) bond motifs is 1. The van der Waals surface area contributed by atoms with Gasteiger partial charge in [0.1, 0.15) is 21.7 Å². The molecule has 0 unspecified atom stereocenters. The summed E-state index contributed by atoms with van der Waals surface area (Å²) in [6.45, 7) is -2.76. The van der Waals surface area contributed by atoms with Gasteiger partial charge in [-0.1, -0.05) is 17.7 Å². The number of rotatable bonds is 10. The van der Waals surface area contributed by atoms with Crippen LogP contribution in [-0.4, -0.2) is 72.7 Å². The second-order valence-corrected chi connectivity index (χ2v) is 15.0. The Morgan fingerprint density at radius 3 is 2.61 bits per heavy atom. The molecular formula is C24H24ClF3N6O4S3. The van der Waals surface area contributed by atoms with Crippen LogP contribution in [0.1, 0.15) is 41.7 Å². The van der Waals surface area contributed by atoms with E-state index in [0.717, 1.165) is 18.5 Å². The molecular weight excluding hydrogens is 625 g/mol. The SMILES string of the molecule is CS(=O)(=O)CCCS(=O)(=O)N[C@H]1CC2=C(c3ccn(C(F)F)n3)[C@H](c3ccc(F)cc3Cl)N=C(c3nccs3)N2C1.